The van der Waals surface area contributed by atoms with Gasteiger partial charge in [-0.25, -0.2) is 0 Å². The maximum absolute atomic E-state index is 11.6. The highest BCUT2D eigenvalue weighted by molar-refractivity contribution is 5.28. The third-order valence-electron chi connectivity index (χ3n) is 14.7. The van der Waals surface area contributed by atoms with Crippen LogP contribution in [0.25, 0.3) is 0 Å². The van der Waals surface area contributed by atoms with E-state index in [1.165, 1.54) is 0 Å². The fourth-order valence-electron chi connectivity index (χ4n) is 11.6. The van der Waals surface area contributed by atoms with Crippen molar-refractivity contribution in [3.05, 3.63) is 11.6 Å². The van der Waals surface area contributed by atoms with Gasteiger partial charge in [0.1, 0.15) is 42.7 Å². The molecule has 21 atom stereocenters. The summed E-state index contributed by atoms with van der Waals surface area (Å²) < 4.78 is 24.9. The lowest BCUT2D eigenvalue weighted by molar-refractivity contribution is -0.318. The van der Waals surface area contributed by atoms with Crippen molar-refractivity contribution in [3.8, 4) is 0 Å². The van der Waals surface area contributed by atoms with Crippen LogP contribution in [0.15, 0.2) is 11.6 Å². The van der Waals surface area contributed by atoms with E-state index in [4.69, 9.17) is 18.9 Å². The number of rotatable bonds is 10. The molecule has 3 saturated carbocycles. The van der Waals surface area contributed by atoms with E-state index in [0.717, 1.165) is 31.3 Å². The highest BCUT2D eigenvalue weighted by atomic mass is 16.7. The standard InChI is InChI=1S/C39H66O13/c1-17(2)7-10-25(42)18(3)29-26(50-37-35(48)33(46)31(44)27(16-40)51-37)15-24-22-9-8-20-13-21(41)14-28(39(20,6)23(22)11-12-38(24,29)5)52-36-34(47)32(45)30(43)19(4)49-36/h8,17-19,21-37,40-48H,7,9-16H2,1-6H3/t18-,19+,21-,22-,23+,24+,25+,26+,27-,28-,29?,30+,31-,32-,33+,34-,35-,36-,37-,38+,39+/m1/s1. The summed E-state index contributed by atoms with van der Waals surface area (Å²) in [5.41, 5.74) is 0.314. The van der Waals surface area contributed by atoms with Crippen molar-refractivity contribution in [3.63, 3.8) is 0 Å². The molecule has 5 fully saturated rings. The van der Waals surface area contributed by atoms with Gasteiger partial charge in [0, 0.05) is 11.8 Å². The normalized spacial score (nSPS) is 52.0. The van der Waals surface area contributed by atoms with Crippen molar-refractivity contribution in [2.45, 2.75) is 179 Å². The first-order valence-corrected chi connectivity index (χ1v) is 19.8. The monoisotopic (exact) mass is 742 g/mol. The minimum atomic E-state index is -1.56. The van der Waals surface area contributed by atoms with E-state index < -0.39 is 97.8 Å². The minimum absolute atomic E-state index is 0.126. The van der Waals surface area contributed by atoms with Crippen LogP contribution in [0.4, 0.5) is 0 Å². The first-order chi connectivity index (χ1) is 24.4. The van der Waals surface area contributed by atoms with Crippen LogP contribution < -0.4 is 0 Å². The molecular formula is C39H66O13. The van der Waals surface area contributed by atoms with Gasteiger partial charge in [-0.3, -0.25) is 0 Å². The van der Waals surface area contributed by atoms with Crippen LogP contribution in [-0.2, 0) is 18.9 Å². The molecule has 0 aromatic rings. The molecule has 0 radical (unpaired) electrons. The van der Waals surface area contributed by atoms with Crippen LogP contribution in [0.3, 0.4) is 0 Å². The van der Waals surface area contributed by atoms with Crippen LogP contribution in [0, 0.1) is 46.3 Å². The second kappa shape index (κ2) is 15.6. The van der Waals surface area contributed by atoms with Crippen LogP contribution >= 0.6 is 0 Å². The zero-order chi connectivity index (χ0) is 38.0. The molecule has 0 spiro atoms. The predicted molar refractivity (Wildman–Crippen MR) is 187 cm³/mol. The lowest BCUT2D eigenvalue weighted by Crippen LogP contribution is -2.61. The molecule has 52 heavy (non-hydrogen) atoms. The summed E-state index contributed by atoms with van der Waals surface area (Å²) in [6, 6.07) is 0. The molecule has 0 bridgehead atoms. The second-order valence-electron chi connectivity index (χ2n) is 18.1. The Balaban J connectivity index is 1.31. The van der Waals surface area contributed by atoms with E-state index >= 15 is 0 Å². The molecule has 6 aliphatic rings. The number of hydrogen-bond donors (Lipinski definition) is 9. The van der Waals surface area contributed by atoms with Gasteiger partial charge in [0.25, 0.3) is 0 Å². The summed E-state index contributed by atoms with van der Waals surface area (Å²) >= 11 is 0. The molecule has 4 aliphatic carbocycles. The number of hydrogen-bond acceptors (Lipinski definition) is 13. The molecule has 2 aliphatic heterocycles. The van der Waals surface area contributed by atoms with Gasteiger partial charge in [-0.05, 0) is 92.8 Å². The number of ether oxygens (including phenoxy) is 4. The Labute approximate surface area is 307 Å². The van der Waals surface area contributed by atoms with Crippen LogP contribution in [0.5, 0.6) is 0 Å². The van der Waals surface area contributed by atoms with E-state index in [-0.39, 0.29) is 35.0 Å². The van der Waals surface area contributed by atoms with E-state index in [2.05, 4.69) is 40.7 Å². The molecule has 300 valence electrons. The fourth-order valence-corrected chi connectivity index (χ4v) is 11.6. The Bertz CT molecular complexity index is 1250. The minimum Gasteiger partial charge on any atom is -0.394 e. The molecule has 2 saturated heterocycles. The third kappa shape index (κ3) is 7.07. The van der Waals surface area contributed by atoms with Crippen LogP contribution in [0.2, 0.25) is 0 Å². The van der Waals surface area contributed by atoms with Crippen molar-refractivity contribution >= 4 is 0 Å². The van der Waals surface area contributed by atoms with Crippen LogP contribution in [0.1, 0.15) is 92.9 Å². The smallest absolute Gasteiger partial charge is 0.186 e. The van der Waals surface area contributed by atoms with Crippen molar-refractivity contribution < 1.29 is 64.9 Å². The second-order valence-corrected chi connectivity index (χ2v) is 18.1. The van der Waals surface area contributed by atoms with Crippen LogP contribution in [-0.4, -0.2) is 138 Å². The molecule has 6 rings (SSSR count). The quantitative estimate of drug-likeness (QED) is 0.143. The Morgan fingerprint density at radius 3 is 2.13 bits per heavy atom. The zero-order valence-electron chi connectivity index (χ0n) is 31.6. The fraction of sp³-hybridized carbons (Fsp3) is 0.949. The first kappa shape index (κ1) is 40.9. The summed E-state index contributed by atoms with van der Waals surface area (Å²) in [6.45, 7) is 11.9. The average molecular weight is 743 g/mol. The Kier molecular flexibility index (Phi) is 12.3. The van der Waals surface area contributed by atoms with Gasteiger partial charge in [0.05, 0.1) is 37.1 Å². The van der Waals surface area contributed by atoms with E-state index in [9.17, 15) is 46.0 Å². The van der Waals surface area contributed by atoms with Gasteiger partial charge < -0.3 is 64.9 Å². The maximum Gasteiger partial charge on any atom is 0.186 e. The maximum atomic E-state index is 11.6. The third-order valence-corrected chi connectivity index (χ3v) is 14.7. The summed E-state index contributed by atoms with van der Waals surface area (Å²) in [5, 5.41) is 96.3. The van der Waals surface area contributed by atoms with E-state index in [1.807, 2.05) is 0 Å². The first-order valence-electron chi connectivity index (χ1n) is 19.8. The molecule has 0 aromatic carbocycles. The summed E-state index contributed by atoms with van der Waals surface area (Å²) in [4.78, 5) is 0. The molecule has 13 heteroatoms. The summed E-state index contributed by atoms with van der Waals surface area (Å²) in [6.07, 6.45) is -7.68. The van der Waals surface area contributed by atoms with Gasteiger partial charge in [-0.2, -0.15) is 0 Å². The number of fused-ring (bicyclic) bond motifs is 5. The van der Waals surface area contributed by atoms with Crippen molar-refractivity contribution in [2.24, 2.45) is 46.3 Å². The molecule has 13 nitrogen and oxygen atoms in total. The number of aliphatic hydroxyl groups is 9. The van der Waals surface area contributed by atoms with Gasteiger partial charge in [-0.15, -0.1) is 0 Å². The summed E-state index contributed by atoms with van der Waals surface area (Å²) in [7, 11) is 0. The van der Waals surface area contributed by atoms with Gasteiger partial charge in [-0.1, -0.05) is 46.3 Å². The van der Waals surface area contributed by atoms with E-state index in [0.29, 0.717) is 31.6 Å². The van der Waals surface area contributed by atoms with Gasteiger partial charge in [0.2, 0.25) is 0 Å². The zero-order valence-corrected chi connectivity index (χ0v) is 31.6. The van der Waals surface area contributed by atoms with Crippen molar-refractivity contribution in [2.75, 3.05) is 6.61 Å². The Hall–Kier alpha value is -0.780. The highest BCUT2D eigenvalue weighted by Gasteiger charge is 2.65. The SMILES string of the molecule is CC(C)CC[C@H](O)[C@@H](C)C1[C@@H](O[C@@H]2O[C@H](CO)[C@@H](O)[C@H](O)[C@H]2O)C[C@H]2[C@@H]3CC=C4C[C@@H](O)C[C@@H](O[C@H]5O[C@@H](C)[C@H](O)[C@@H](O)[C@H]5O)[C@]4(C)[C@H]3CC[C@]12C. The number of aliphatic hydroxyl groups excluding tert-OH is 9. The lowest BCUT2D eigenvalue weighted by Gasteiger charge is -2.60. The van der Waals surface area contributed by atoms with E-state index in [1.54, 1.807) is 6.92 Å². The van der Waals surface area contributed by atoms with Crippen molar-refractivity contribution in [1.82, 2.24) is 0 Å². The molecule has 9 N–H and O–H groups in total. The van der Waals surface area contributed by atoms with Crippen molar-refractivity contribution in [1.29, 1.82) is 0 Å². The molecule has 0 amide bonds. The largest absolute Gasteiger partial charge is 0.394 e. The predicted octanol–water partition coefficient (Wildman–Crippen LogP) is 0.977. The summed E-state index contributed by atoms with van der Waals surface area (Å²) in [5.74, 6) is 0.552. The Morgan fingerprint density at radius 2 is 1.48 bits per heavy atom. The molecular weight excluding hydrogens is 676 g/mol. The molecule has 1 unspecified atom stereocenters. The average Bonchev–Trinajstić information content (AvgIpc) is 3.40. The topological polar surface area (TPSA) is 219 Å². The molecule has 0 aromatic heterocycles. The highest BCUT2D eigenvalue weighted by Crippen LogP contribution is 2.68. The van der Waals surface area contributed by atoms with Gasteiger partial charge in [0.15, 0.2) is 12.6 Å². The van der Waals surface area contributed by atoms with Gasteiger partial charge >= 0.3 is 0 Å². The number of allylic oxidation sites excluding steroid dienone is 1. The lowest BCUT2D eigenvalue weighted by atomic mass is 9.46. The Morgan fingerprint density at radius 1 is 0.827 bits per heavy atom. The molecule has 2 heterocycles.